The Morgan fingerprint density at radius 3 is 2.26 bits per heavy atom. The minimum absolute atomic E-state index is 0.0378. The van der Waals surface area contributed by atoms with E-state index in [9.17, 15) is 9.59 Å². The van der Waals surface area contributed by atoms with Gasteiger partial charge in [-0.1, -0.05) is 60.7 Å². The number of benzene rings is 3. The summed E-state index contributed by atoms with van der Waals surface area (Å²) in [5.41, 5.74) is 4.48. The van der Waals surface area contributed by atoms with Gasteiger partial charge in [-0.05, 0) is 42.0 Å². The van der Waals surface area contributed by atoms with E-state index in [1.54, 1.807) is 55.7 Å². The molecule has 7 heteroatoms. The van der Waals surface area contributed by atoms with Crippen LogP contribution in [-0.4, -0.2) is 32.2 Å². The summed E-state index contributed by atoms with van der Waals surface area (Å²) in [7, 11) is 3.09. The SMILES string of the molecule is COc1ccc(OC)c(/C=N/NC(=O)/C(=C/C=C/c2ccccc2)NC(=O)c2ccccc2)c1. The van der Waals surface area contributed by atoms with Gasteiger partial charge in [0.1, 0.15) is 17.2 Å². The van der Waals surface area contributed by atoms with Gasteiger partial charge in [-0.25, -0.2) is 5.43 Å². The number of carbonyl (C=O) groups excluding carboxylic acids is 2. The summed E-state index contributed by atoms with van der Waals surface area (Å²) in [6, 6.07) is 23.5. The summed E-state index contributed by atoms with van der Waals surface area (Å²) in [4.78, 5) is 25.4. The summed E-state index contributed by atoms with van der Waals surface area (Å²) < 4.78 is 10.5. The van der Waals surface area contributed by atoms with Crippen LogP contribution >= 0.6 is 0 Å². The maximum absolute atomic E-state index is 12.8. The van der Waals surface area contributed by atoms with Crippen LogP contribution in [0.25, 0.3) is 6.08 Å². The van der Waals surface area contributed by atoms with Crippen molar-refractivity contribution >= 4 is 24.1 Å². The van der Waals surface area contributed by atoms with Crippen molar-refractivity contribution in [1.82, 2.24) is 10.7 Å². The van der Waals surface area contributed by atoms with Crippen LogP contribution in [0.4, 0.5) is 0 Å². The number of amides is 2. The minimum Gasteiger partial charge on any atom is -0.497 e. The van der Waals surface area contributed by atoms with Crippen molar-refractivity contribution in [3.63, 3.8) is 0 Å². The van der Waals surface area contributed by atoms with E-state index in [-0.39, 0.29) is 5.70 Å². The molecule has 0 aliphatic rings. The molecule has 0 aromatic heterocycles. The molecule has 2 N–H and O–H groups in total. The summed E-state index contributed by atoms with van der Waals surface area (Å²) >= 11 is 0. The van der Waals surface area contributed by atoms with Gasteiger partial charge in [0.2, 0.25) is 0 Å². The first-order chi connectivity index (χ1) is 16.6. The molecule has 0 spiro atoms. The number of carbonyl (C=O) groups is 2. The molecule has 0 aliphatic carbocycles. The van der Waals surface area contributed by atoms with E-state index in [2.05, 4.69) is 15.8 Å². The number of hydrazone groups is 1. The van der Waals surface area contributed by atoms with Gasteiger partial charge in [0.25, 0.3) is 11.8 Å². The molecule has 0 radical (unpaired) electrons. The molecule has 0 fully saturated rings. The lowest BCUT2D eigenvalue weighted by Crippen LogP contribution is -2.32. The lowest BCUT2D eigenvalue weighted by molar-refractivity contribution is -0.117. The first kappa shape index (κ1) is 24.0. The molecular weight excluding hydrogens is 430 g/mol. The summed E-state index contributed by atoms with van der Waals surface area (Å²) in [5.74, 6) is 0.196. The highest BCUT2D eigenvalue weighted by molar-refractivity contribution is 6.03. The molecule has 172 valence electrons. The monoisotopic (exact) mass is 455 g/mol. The second-order valence-electron chi connectivity index (χ2n) is 6.98. The van der Waals surface area contributed by atoms with Crippen LogP contribution in [0.1, 0.15) is 21.5 Å². The third kappa shape index (κ3) is 6.93. The standard InChI is InChI=1S/C27H25N3O4/c1-33-23-16-17-25(34-2)22(18-23)19-28-30-27(32)24(15-9-12-20-10-5-3-6-11-20)29-26(31)21-13-7-4-8-14-21/h3-19H,1-2H3,(H,29,31)(H,30,32)/b12-9+,24-15-,28-19+. The smallest absolute Gasteiger partial charge is 0.287 e. The molecule has 3 aromatic rings. The quantitative estimate of drug-likeness (QED) is 0.219. The second-order valence-corrected chi connectivity index (χ2v) is 6.98. The lowest BCUT2D eigenvalue weighted by Gasteiger charge is -2.09. The number of allylic oxidation sites excluding steroid dienone is 2. The molecule has 0 bridgehead atoms. The van der Waals surface area contributed by atoms with E-state index >= 15 is 0 Å². The summed E-state index contributed by atoms with van der Waals surface area (Å²) in [5, 5.41) is 6.67. The Morgan fingerprint density at radius 1 is 0.882 bits per heavy atom. The first-order valence-electron chi connectivity index (χ1n) is 10.5. The maximum Gasteiger partial charge on any atom is 0.287 e. The van der Waals surface area contributed by atoms with Gasteiger partial charge in [-0.3, -0.25) is 9.59 Å². The highest BCUT2D eigenvalue weighted by atomic mass is 16.5. The van der Waals surface area contributed by atoms with E-state index in [4.69, 9.17) is 9.47 Å². The largest absolute Gasteiger partial charge is 0.497 e. The number of methoxy groups -OCH3 is 2. The molecule has 0 heterocycles. The van der Waals surface area contributed by atoms with Crippen LogP contribution in [0.2, 0.25) is 0 Å². The number of nitrogens with zero attached hydrogens (tertiary/aromatic N) is 1. The number of nitrogens with one attached hydrogen (secondary N) is 2. The van der Waals surface area contributed by atoms with Crippen molar-refractivity contribution in [2.75, 3.05) is 14.2 Å². The van der Waals surface area contributed by atoms with Crippen LogP contribution in [0.15, 0.2) is 102 Å². The van der Waals surface area contributed by atoms with E-state index in [1.807, 2.05) is 42.5 Å². The van der Waals surface area contributed by atoms with Crippen molar-refractivity contribution in [1.29, 1.82) is 0 Å². The lowest BCUT2D eigenvalue weighted by atomic mass is 10.2. The molecule has 34 heavy (non-hydrogen) atoms. The van der Waals surface area contributed by atoms with E-state index < -0.39 is 11.8 Å². The Kier molecular flexibility index (Phi) is 8.76. The fraction of sp³-hybridized carbons (Fsp3) is 0.0741. The van der Waals surface area contributed by atoms with Crippen molar-refractivity contribution in [2.24, 2.45) is 5.10 Å². The molecule has 0 atom stereocenters. The Morgan fingerprint density at radius 2 is 1.59 bits per heavy atom. The van der Waals surface area contributed by atoms with Gasteiger partial charge in [0.05, 0.1) is 20.4 Å². The molecule has 0 unspecified atom stereocenters. The predicted octanol–water partition coefficient (Wildman–Crippen LogP) is 4.18. The van der Waals surface area contributed by atoms with Gasteiger partial charge < -0.3 is 14.8 Å². The molecule has 3 aromatic carbocycles. The topological polar surface area (TPSA) is 89.0 Å². The minimum atomic E-state index is -0.583. The van der Waals surface area contributed by atoms with E-state index in [0.29, 0.717) is 22.6 Å². The van der Waals surface area contributed by atoms with E-state index in [0.717, 1.165) is 5.56 Å². The van der Waals surface area contributed by atoms with Crippen LogP contribution in [0.5, 0.6) is 11.5 Å². The fourth-order valence-electron chi connectivity index (χ4n) is 2.94. The zero-order valence-electron chi connectivity index (χ0n) is 18.9. The third-order valence-electron chi connectivity index (χ3n) is 4.69. The first-order valence-corrected chi connectivity index (χ1v) is 10.5. The van der Waals surface area contributed by atoms with Crippen molar-refractivity contribution in [3.05, 3.63) is 113 Å². The summed E-state index contributed by atoms with van der Waals surface area (Å²) in [6.45, 7) is 0. The van der Waals surface area contributed by atoms with Gasteiger partial charge in [-0.2, -0.15) is 5.10 Å². The zero-order chi connectivity index (χ0) is 24.2. The average molecular weight is 456 g/mol. The maximum atomic E-state index is 12.8. The van der Waals surface area contributed by atoms with Crippen molar-refractivity contribution in [3.8, 4) is 11.5 Å². The highest BCUT2D eigenvalue weighted by Gasteiger charge is 2.13. The number of ether oxygens (including phenoxy) is 2. The Bertz CT molecular complexity index is 1200. The molecule has 7 nitrogen and oxygen atoms in total. The van der Waals surface area contributed by atoms with Gasteiger partial charge in [0, 0.05) is 11.1 Å². The second kappa shape index (κ2) is 12.4. The molecule has 3 rings (SSSR count). The Hall–Kier alpha value is -4.65. The highest BCUT2D eigenvalue weighted by Crippen LogP contribution is 2.22. The van der Waals surface area contributed by atoms with Crippen molar-refractivity contribution in [2.45, 2.75) is 0 Å². The zero-order valence-corrected chi connectivity index (χ0v) is 18.9. The van der Waals surface area contributed by atoms with Gasteiger partial charge in [-0.15, -0.1) is 0 Å². The molecule has 2 amide bonds. The predicted molar refractivity (Wildman–Crippen MR) is 133 cm³/mol. The molecule has 0 aliphatic heterocycles. The molecular formula is C27H25N3O4. The Labute approximate surface area is 198 Å². The molecule has 0 saturated heterocycles. The average Bonchev–Trinajstić information content (AvgIpc) is 2.89. The fourth-order valence-corrected chi connectivity index (χ4v) is 2.94. The van der Waals surface area contributed by atoms with E-state index in [1.165, 1.54) is 19.4 Å². The van der Waals surface area contributed by atoms with Gasteiger partial charge in [0.15, 0.2) is 0 Å². The number of rotatable bonds is 9. The normalized spacial score (nSPS) is 11.4. The molecule has 0 saturated carbocycles. The Balaban J connectivity index is 1.78. The van der Waals surface area contributed by atoms with Gasteiger partial charge >= 0.3 is 0 Å². The van der Waals surface area contributed by atoms with Crippen LogP contribution in [-0.2, 0) is 4.79 Å². The van der Waals surface area contributed by atoms with Crippen LogP contribution in [0, 0.1) is 0 Å². The summed E-state index contributed by atoms with van der Waals surface area (Å²) in [6.07, 6.45) is 6.47. The number of hydrogen-bond donors (Lipinski definition) is 2. The number of hydrogen-bond acceptors (Lipinski definition) is 5. The van der Waals surface area contributed by atoms with Crippen molar-refractivity contribution < 1.29 is 19.1 Å². The van der Waals surface area contributed by atoms with Crippen LogP contribution in [0.3, 0.4) is 0 Å². The van der Waals surface area contributed by atoms with Crippen LogP contribution < -0.4 is 20.2 Å². The third-order valence-corrected chi connectivity index (χ3v) is 4.69.